The largest absolute Gasteiger partial charge is 0.396 e. The number of hydrogen-bond donors (Lipinski definition) is 3. The third-order valence-electron chi connectivity index (χ3n) is 3.03. The van der Waals surface area contributed by atoms with Crippen LogP contribution in [0.5, 0.6) is 0 Å². The van der Waals surface area contributed by atoms with Crippen molar-refractivity contribution in [3.8, 4) is 0 Å². The molecule has 1 heterocycles. The normalized spacial score (nSPS) is 11.7. The second-order valence-corrected chi connectivity index (χ2v) is 5.06. The summed E-state index contributed by atoms with van der Waals surface area (Å²) in [6.07, 6.45) is 2.35. The van der Waals surface area contributed by atoms with E-state index in [1.165, 1.54) is 0 Å². The lowest BCUT2D eigenvalue weighted by Gasteiger charge is -2.25. The monoisotopic (exact) mass is 246 g/mol. The highest BCUT2D eigenvalue weighted by atomic mass is 16.3. The standard InChI is InChI=1S/C14H18N2O2/c1-14(2,7-9-17)16-13(18)11-4-3-5-12-10(11)6-8-15-12/h3-6,8,15,17H,7,9H2,1-2H3,(H,16,18). The Bertz CT molecular complexity index is 558. The van der Waals surface area contributed by atoms with E-state index in [4.69, 9.17) is 5.11 Å². The maximum atomic E-state index is 12.2. The number of aliphatic hydroxyl groups is 1. The summed E-state index contributed by atoms with van der Waals surface area (Å²) >= 11 is 0. The van der Waals surface area contributed by atoms with Gasteiger partial charge in [0.05, 0.1) is 0 Å². The lowest BCUT2D eigenvalue weighted by atomic mass is 10.00. The van der Waals surface area contributed by atoms with Gasteiger partial charge in [0.25, 0.3) is 5.91 Å². The van der Waals surface area contributed by atoms with Gasteiger partial charge in [0.1, 0.15) is 0 Å². The van der Waals surface area contributed by atoms with Crippen LogP contribution in [0.3, 0.4) is 0 Å². The van der Waals surface area contributed by atoms with Crippen LogP contribution >= 0.6 is 0 Å². The molecule has 1 aromatic carbocycles. The molecule has 2 aromatic rings. The fourth-order valence-electron chi connectivity index (χ4n) is 2.00. The lowest BCUT2D eigenvalue weighted by molar-refractivity contribution is 0.0901. The quantitative estimate of drug-likeness (QED) is 0.773. The summed E-state index contributed by atoms with van der Waals surface area (Å²) in [4.78, 5) is 15.3. The smallest absolute Gasteiger partial charge is 0.252 e. The van der Waals surface area contributed by atoms with E-state index in [1.54, 1.807) is 6.07 Å². The molecule has 0 atom stereocenters. The Balaban J connectivity index is 2.26. The van der Waals surface area contributed by atoms with Crippen molar-refractivity contribution in [2.75, 3.05) is 6.61 Å². The van der Waals surface area contributed by atoms with Gasteiger partial charge in [-0.2, -0.15) is 0 Å². The van der Waals surface area contributed by atoms with Crippen molar-refractivity contribution < 1.29 is 9.90 Å². The number of carbonyl (C=O) groups excluding carboxylic acids is 1. The van der Waals surface area contributed by atoms with Crippen LogP contribution in [-0.2, 0) is 0 Å². The fourth-order valence-corrected chi connectivity index (χ4v) is 2.00. The minimum absolute atomic E-state index is 0.0572. The number of carbonyl (C=O) groups is 1. The first-order valence-electron chi connectivity index (χ1n) is 6.03. The number of H-pyrrole nitrogens is 1. The molecule has 96 valence electrons. The van der Waals surface area contributed by atoms with E-state index in [0.29, 0.717) is 12.0 Å². The van der Waals surface area contributed by atoms with Crippen molar-refractivity contribution in [1.29, 1.82) is 0 Å². The first kappa shape index (κ1) is 12.6. The van der Waals surface area contributed by atoms with Crippen molar-refractivity contribution in [1.82, 2.24) is 10.3 Å². The number of aromatic nitrogens is 1. The van der Waals surface area contributed by atoms with Crippen LogP contribution in [0, 0.1) is 0 Å². The van der Waals surface area contributed by atoms with E-state index >= 15 is 0 Å². The Labute approximate surface area is 106 Å². The van der Waals surface area contributed by atoms with Gasteiger partial charge in [0.2, 0.25) is 0 Å². The molecule has 0 radical (unpaired) electrons. The molecule has 18 heavy (non-hydrogen) atoms. The molecule has 0 saturated heterocycles. The van der Waals surface area contributed by atoms with Gasteiger partial charge in [-0.15, -0.1) is 0 Å². The zero-order valence-corrected chi connectivity index (χ0v) is 10.7. The second kappa shape index (κ2) is 4.82. The molecule has 4 heteroatoms. The summed E-state index contributed by atoms with van der Waals surface area (Å²) in [6, 6.07) is 7.49. The van der Waals surface area contributed by atoms with Crippen LogP contribution in [0.15, 0.2) is 30.5 Å². The Hall–Kier alpha value is -1.81. The maximum Gasteiger partial charge on any atom is 0.252 e. The predicted octanol–water partition coefficient (Wildman–Crippen LogP) is 2.06. The van der Waals surface area contributed by atoms with E-state index in [2.05, 4.69) is 10.3 Å². The number of benzene rings is 1. The van der Waals surface area contributed by atoms with Crippen LogP contribution in [0.25, 0.3) is 10.9 Å². The Morgan fingerprint density at radius 1 is 1.39 bits per heavy atom. The van der Waals surface area contributed by atoms with Crippen molar-refractivity contribution >= 4 is 16.8 Å². The number of amides is 1. The van der Waals surface area contributed by atoms with Gasteiger partial charge in [-0.05, 0) is 38.5 Å². The van der Waals surface area contributed by atoms with Gasteiger partial charge in [-0.3, -0.25) is 4.79 Å². The topological polar surface area (TPSA) is 65.1 Å². The number of nitrogens with one attached hydrogen (secondary N) is 2. The van der Waals surface area contributed by atoms with Crippen LogP contribution in [0.1, 0.15) is 30.6 Å². The van der Waals surface area contributed by atoms with Gasteiger partial charge < -0.3 is 15.4 Å². The number of hydrogen-bond acceptors (Lipinski definition) is 2. The molecule has 1 amide bonds. The molecule has 0 aliphatic heterocycles. The van der Waals surface area contributed by atoms with Crippen LogP contribution in [-0.4, -0.2) is 28.1 Å². The van der Waals surface area contributed by atoms with E-state index in [9.17, 15) is 4.79 Å². The predicted molar refractivity (Wildman–Crippen MR) is 71.5 cm³/mol. The summed E-state index contributed by atoms with van der Waals surface area (Å²) in [5.41, 5.74) is 1.19. The molecule has 2 rings (SSSR count). The summed E-state index contributed by atoms with van der Waals surface area (Å²) in [5, 5.41) is 12.8. The molecule has 0 fully saturated rings. The minimum Gasteiger partial charge on any atom is -0.396 e. The van der Waals surface area contributed by atoms with E-state index in [0.717, 1.165) is 10.9 Å². The summed E-state index contributed by atoms with van der Waals surface area (Å²) < 4.78 is 0. The minimum atomic E-state index is -0.412. The van der Waals surface area contributed by atoms with Crippen molar-refractivity contribution in [2.24, 2.45) is 0 Å². The molecule has 1 aromatic heterocycles. The zero-order valence-electron chi connectivity index (χ0n) is 10.7. The van der Waals surface area contributed by atoms with Crippen LogP contribution in [0.4, 0.5) is 0 Å². The average molecular weight is 246 g/mol. The zero-order chi connectivity index (χ0) is 13.2. The molecule has 0 aliphatic carbocycles. The number of rotatable bonds is 4. The first-order chi connectivity index (χ1) is 8.53. The Morgan fingerprint density at radius 2 is 2.17 bits per heavy atom. The Kier molecular flexibility index (Phi) is 3.39. The maximum absolute atomic E-state index is 12.2. The molecule has 4 nitrogen and oxygen atoms in total. The highest BCUT2D eigenvalue weighted by molar-refractivity contribution is 6.06. The summed E-state index contributed by atoms with van der Waals surface area (Å²) in [6.45, 7) is 3.86. The number of fused-ring (bicyclic) bond motifs is 1. The van der Waals surface area contributed by atoms with Gasteiger partial charge >= 0.3 is 0 Å². The number of aliphatic hydroxyl groups excluding tert-OH is 1. The fraction of sp³-hybridized carbons (Fsp3) is 0.357. The molecule has 0 aliphatic rings. The number of aromatic amines is 1. The van der Waals surface area contributed by atoms with Gasteiger partial charge in [0, 0.05) is 34.8 Å². The van der Waals surface area contributed by atoms with Crippen LogP contribution < -0.4 is 5.32 Å². The Morgan fingerprint density at radius 3 is 2.89 bits per heavy atom. The third kappa shape index (κ3) is 2.54. The molecule has 0 unspecified atom stereocenters. The molecule has 0 saturated carbocycles. The average Bonchev–Trinajstić information content (AvgIpc) is 2.75. The summed E-state index contributed by atoms with van der Waals surface area (Å²) in [5.74, 6) is -0.112. The van der Waals surface area contributed by atoms with Crippen molar-refractivity contribution in [2.45, 2.75) is 25.8 Å². The van der Waals surface area contributed by atoms with E-state index in [1.807, 2.05) is 38.2 Å². The molecule has 3 N–H and O–H groups in total. The van der Waals surface area contributed by atoms with Crippen LogP contribution in [0.2, 0.25) is 0 Å². The molecule has 0 spiro atoms. The SMILES string of the molecule is CC(C)(CCO)NC(=O)c1cccc2[nH]ccc12. The highest BCUT2D eigenvalue weighted by Gasteiger charge is 2.21. The third-order valence-corrected chi connectivity index (χ3v) is 3.03. The highest BCUT2D eigenvalue weighted by Crippen LogP contribution is 2.18. The van der Waals surface area contributed by atoms with Gasteiger partial charge in [0.15, 0.2) is 0 Å². The van der Waals surface area contributed by atoms with Crippen molar-refractivity contribution in [3.63, 3.8) is 0 Å². The van der Waals surface area contributed by atoms with E-state index in [-0.39, 0.29) is 12.5 Å². The van der Waals surface area contributed by atoms with Crippen molar-refractivity contribution in [3.05, 3.63) is 36.0 Å². The van der Waals surface area contributed by atoms with Gasteiger partial charge in [-0.1, -0.05) is 6.07 Å². The molecular weight excluding hydrogens is 228 g/mol. The summed E-state index contributed by atoms with van der Waals surface area (Å²) in [7, 11) is 0. The second-order valence-electron chi connectivity index (χ2n) is 5.06. The first-order valence-corrected chi connectivity index (χ1v) is 6.03. The van der Waals surface area contributed by atoms with E-state index < -0.39 is 5.54 Å². The van der Waals surface area contributed by atoms with Gasteiger partial charge in [-0.25, -0.2) is 0 Å². The lowest BCUT2D eigenvalue weighted by Crippen LogP contribution is -2.44. The molecular formula is C14H18N2O2. The molecule has 0 bridgehead atoms.